The van der Waals surface area contributed by atoms with Gasteiger partial charge in [-0.1, -0.05) is 54.6 Å². The van der Waals surface area contributed by atoms with E-state index in [1.165, 1.54) is 24.5 Å². The summed E-state index contributed by atoms with van der Waals surface area (Å²) in [5.41, 5.74) is 0.893. The fraction of sp³-hybridized carbons (Fsp3) is 0.346. The van der Waals surface area contributed by atoms with Crippen molar-refractivity contribution in [1.82, 2.24) is 10.3 Å². The molecule has 36 heavy (non-hydrogen) atoms. The molecule has 1 aliphatic heterocycles. The lowest BCUT2D eigenvalue weighted by molar-refractivity contribution is -0.0966. The molecule has 1 aromatic carbocycles. The van der Waals surface area contributed by atoms with Crippen molar-refractivity contribution in [3.63, 3.8) is 0 Å². The summed E-state index contributed by atoms with van der Waals surface area (Å²) in [6.45, 7) is 2.87. The molecule has 4 unspecified atom stereocenters. The zero-order chi connectivity index (χ0) is 25.9. The van der Waals surface area contributed by atoms with Gasteiger partial charge in [-0.25, -0.2) is 4.98 Å². The third kappa shape index (κ3) is 6.14. The normalized spacial score (nSPS) is 24.2. The van der Waals surface area contributed by atoms with Crippen molar-refractivity contribution in [1.29, 1.82) is 0 Å². The molecule has 0 saturated carbocycles. The summed E-state index contributed by atoms with van der Waals surface area (Å²) in [4.78, 5) is 12.2. The van der Waals surface area contributed by atoms with Crippen LogP contribution in [0.5, 0.6) is 0 Å². The van der Waals surface area contributed by atoms with Crippen LogP contribution in [0.3, 0.4) is 0 Å². The number of hydrogen-bond acceptors (Lipinski definition) is 6. The van der Waals surface area contributed by atoms with E-state index in [0.29, 0.717) is 15.6 Å². The average molecular weight is 535 g/mol. The van der Waals surface area contributed by atoms with Gasteiger partial charge in [-0.2, -0.15) is 13.2 Å². The van der Waals surface area contributed by atoms with Gasteiger partial charge in [-0.3, -0.25) is 9.98 Å². The number of aliphatic hydroxyl groups excluding tert-OH is 1. The summed E-state index contributed by atoms with van der Waals surface area (Å²) in [6, 6.07) is 9.93. The molecular formula is C26H26ClF3N4OS. The molecule has 5 nitrogen and oxygen atoms in total. The first kappa shape index (κ1) is 26.3. The number of aliphatic hydroxyl groups is 1. The summed E-state index contributed by atoms with van der Waals surface area (Å²) in [6.07, 6.45) is 5.62. The van der Waals surface area contributed by atoms with Crippen molar-refractivity contribution >= 4 is 34.5 Å². The van der Waals surface area contributed by atoms with Crippen molar-refractivity contribution < 1.29 is 18.3 Å². The molecule has 1 aromatic heterocycles. The van der Waals surface area contributed by atoms with Crippen LogP contribution in [0.15, 0.2) is 82.5 Å². The molecule has 10 heteroatoms. The first-order valence-corrected chi connectivity index (χ1v) is 12.6. The van der Waals surface area contributed by atoms with Crippen LogP contribution < -0.4 is 5.32 Å². The Morgan fingerprint density at radius 2 is 2.03 bits per heavy atom. The highest BCUT2D eigenvalue weighted by molar-refractivity contribution is 7.13. The van der Waals surface area contributed by atoms with Crippen LogP contribution in [-0.4, -0.2) is 39.2 Å². The zero-order valence-corrected chi connectivity index (χ0v) is 21.3. The van der Waals surface area contributed by atoms with Crippen molar-refractivity contribution in [2.24, 2.45) is 15.9 Å². The molecule has 4 atom stereocenters. The van der Waals surface area contributed by atoms with Gasteiger partial charge in [0, 0.05) is 12.1 Å². The summed E-state index contributed by atoms with van der Waals surface area (Å²) < 4.78 is 40.2. The van der Waals surface area contributed by atoms with Crippen LogP contribution in [0.25, 0.3) is 0 Å². The lowest BCUT2D eigenvalue weighted by Gasteiger charge is -2.29. The Bertz CT molecular complexity index is 1230. The van der Waals surface area contributed by atoms with E-state index in [4.69, 9.17) is 16.6 Å². The fourth-order valence-electron chi connectivity index (χ4n) is 4.07. The first-order valence-electron chi connectivity index (χ1n) is 11.4. The van der Waals surface area contributed by atoms with E-state index in [2.05, 4.69) is 27.4 Å². The molecule has 0 radical (unpaired) electrons. The monoisotopic (exact) mass is 534 g/mol. The van der Waals surface area contributed by atoms with Crippen molar-refractivity contribution in [2.45, 2.75) is 43.6 Å². The number of hydrogen-bond donors (Lipinski definition) is 2. The first-order chi connectivity index (χ1) is 17.0. The van der Waals surface area contributed by atoms with Crippen LogP contribution in [0.4, 0.5) is 13.2 Å². The number of alkyl halides is 4. The second kappa shape index (κ2) is 10.7. The van der Waals surface area contributed by atoms with Crippen molar-refractivity contribution in [3.05, 3.63) is 87.9 Å². The number of aliphatic imine (C=N–C) groups is 2. The maximum absolute atomic E-state index is 13.4. The van der Waals surface area contributed by atoms with E-state index in [1.807, 2.05) is 49.4 Å². The molecule has 2 heterocycles. The molecule has 1 aliphatic carbocycles. The minimum atomic E-state index is -4.60. The number of rotatable bonds is 6. The molecule has 0 saturated heterocycles. The van der Waals surface area contributed by atoms with Gasteiger partial charge in [0.1, 0.15) is 10.8 Å². The largest absolute Gasteiger partial charge is 0.414 e. The highest BCUT2D eigenvalue weighted by atomic mass is 35.5. The fourth-order valence-corrected chi connectivity index (χ4v) is 5.10. The van der Waals surface area contributed by atoms with Crippen LogP contribution in [0.1, 0.15) is 48.0 Å². The van der Waals surface area contributed by atoms with Crippen molar-refractivity contribution in [3.8, 4) is 0 Å². The zero-order valence-electron chi connectivity index (χ0n) is 19.7. The number of halogens is 4. The number of thiazole rings is 1. The Labute approximate surface area is 216 Å². The van der Waals surface area contributed by atoms with Crippen LogP contribution in [0.2, 0.25) is 0 Å². The quantitative estimate of drug-likeness (QED) is 0.259. The highest BCUT2D eigenvalue weighted by Gasteiger charge is 2.46. The summed E-state index contributed by atoms with van der Waals surface area (Å²) in [5.74, 6) is 0.111. The Balaban J connectivity index is 1.52. The summed E-state index contributed by atoms with van der Waals surface area (Å²) in [7, 11) is 0. The van der Waals surface area contributed by atoms with Gasteiger partial charge in [-0.05, 0) is 31.9 Å². The third-order valence-electron chi connectivity index (χ3n) is 5.97. The topological polar surface area (TPSA) is 69.9 Å². The number of benzene rings is 1. The SMILES string of the molecule is CC(=NC(c1ccccc1)C1C=CC=CC1)c1ncc(C(O)NC2=NCC(C)(Cl)C(C(F)(F)F)=C2)s1. The van der Waals surface area contributed by atoms with E-state index in [-0.39, 0.29) is 24.3 Å². The van der Waals surface area contributed by atoms with E-state index in [0.717, 1.165) is 18.1 Å². The lowest BCUT2D eigenvalue weighted by atomic mass is 9.88. The third-order valence-corrected chi connectivity index (χ3v) is 7.46. The number of nitrogens with zero attached hydrogens (tertiary/aromatic N) is 3. The van der Waals surface area contributed by atoms with E-state index in [1.54, 1.807) is 0 Å². The van der Waals surface area contributed by atoms with Gasteiger partial charge in [0.15, 0.2) is 6.23 Å². The molecule has 0 fully saturated rings. The minimum Gasteiger partial charge on any atom is -0.369 e. The highest BCUT2D eigenvalue weighted by Crippen LogP contribution is 2.40. The lowest BCUT2D eigenvalue weighted by Crippen LogP contribution is -2.40. The number of dihydropyridines is 1. The van der Waals surface area contributed by atoms with Crippen LogP contribution in [-0.2, 0) is 0 Å². The van der Waals surface area contributed by atoms with Gasteiger partial charge >= 0.3 is 6.18 Å². The number of aromatic nitrogens is 1. The molecule has 0 bridgehead atoms. The van der Waals surface area contributed by atoms with Gasteiger partial charge in [-0.15, -0.1) is 22.9 Å². The average Bonchev–Trinajstić information content (AvgIpc) is 3.35. The van der Waals surface area contributed by atoms with Gasteiger partial charge in [0.05, 0.1) is 33.6 Å². The molecule has 2 N–H and O–H groups in total. The van der Waals surface area contributed by atoms with Gasteiger partial charge < -0.3 is 10.4 Å². The predicted octanol–water partition coefficient (Wildman–Crippen LogP) is 6.30. The van der Waals surface area contributed by atoms with Crippen LogP contribution in [0, 0.1) is 5.92 Å². The molecule has 4 rings (SSSR count). The second-order valence-corrected chi connectivity index (χ2v) is 10.7. The second-order valence-electron chi connectivity index (χ2n) is 8.85. The molecule has 2 aromatic rings. The maximum Gasteiger partial charge on any atom is 0.414 e. The van der Waals surface area contributed by atoms with E-state index >= 15 is 0 Å². The van der Waals surface area contributed by atoms with Crippen molar-refractivity contribution in [2.75, 3.05) is 6.54 Å². The predicted molar refractivity (Wildman–Crippen MR) is 139 cm³/mol. The summed E-state index contributed by atoms with van der Waals surface area (Å²) in [5, 5.41) is 13.9. The van der Waals surface area contributed by atoms with E-state index < -0.39 is 22.9 Å². The molecular weight excluding hydrogens is 509 g/mol. The Morgan fingerprint density at radius 3 is 2.69 bits per heavy atom. The maximum atomic E-state index is 13.4. The number of nitrogens with one attached hydrogen (secondary N) is 1. The Morgan fingerprint density at radius 1 is 1.28 bits per heavy atom. The Hall–Kier alpha value is -2.75. The van der Waals surface area contributed by atoms with Crippen LogP contribution >= 0.6 is 22.9 Å². The molecule has 0 spiro atoms. The molecule has 0 amide bonds. The Kier molecular flexibility index (Phi) is 7.82. The summed E-state index contributed by atoms with van der Waals surface area (Å²) >= 11 is 7.22. The van der Waals surface area contributed by atoms with Gasteiger partial charge in [0.25, 0.3) is 0 Å². The number of amidine groups is 1. The smallest absolute Gasteiger partial charge is 0.369 e. The number of allylic oxidation sites excluding steroid dienone is 3. The van der Waals surface area contributed by atoms with E-state index in [9.17, 15) is 18.3 Å². The molecule has 2 aliphatic rings. The molecule has 190 valence electrons. The standard InChI is InChI=1S/C26H26ClF3N4OS/c1-16(33-22(17-9-5-3-6-10-17)18-11-7-4-8-12-18)24-31-14-19(36-24)23(35)34-21-13-20(26(28,29)30)25(2,27)15-32-21/h3-11,13-14,18,22-23,35H,12,15H2,1-2H3,(H,32,34). The minimum absolute atomic E-state index is 0.0884. The van der Waals surface area contributed by atoms with Gasteiger partial charge in [0.2, 0.25) is 0 Å².